The van der Waals surface area contributed by atoms with Crippen LogP contribution in [-0.2, 0) is 36.2 Å². The Hall–Kier alpha value is -3.60. The number of ether oxygens (including phenoxy) is 1. The fourth-order valence-corrected chi connectivity index (χ4v) is 6.70. The first kappa shape index (κ1) is 30.8. The highest BCUT2D eigenvalue weighted by Gasteiger charge is 2.57. The molecule has 2 fully saturated rings. The number of thiazole rings is 1. The number of nitrogen functional groups attached to an aromatic ring is 1. The van der Waals surface area contributed by atoms with Gasteiger partial charge < -0.3 is 15.3 Å². The van der Waals surface area contributed by atoms with Crippen molar-refractivity contribution in [3.63, 3.8) is 0 Å². The molecule has 14 nitrogen and oxygen atoms in total. The summed E-state index contributed by atoms with van der Waals surface area (Å²) < 4.78 is 45.7. The Kier molecular flexibility index (Phi) is 8.74. The largest absolute Gasteiger partial charge is 0.486 e. The number of imidazole rings is 1. The highest BCUT2D eigenvalue weighted by atomic mass is 32.3. The maximum Gasteiger partial charge on any atom is 0.418 e. The number of β-lactam (4-membered cyclic amide) rings is 1. The number of rotatable bonds is 12. The molecule has 5 rings (SSSR count). The van der Waals surface area contributed by atoms with Gasteiger partial charge in [0.2, 0.25) is 0 Å². The maximum atomic E-state index is 13.2. The number of nitrogens with zero attached hydrogens (tertiary/aromatic N) is 5. The molecule has 1 saturated heterocycles. The van der Waals surface area contributed by atoms with Crippen LogP contribution in [0, 0.1) is 5.92 Å². The van der Waals surface area contributed by atoms with E-state index in [0.29, 0.717) is 16.7 Å². The number of hydrogen-bond acceptors (Lipinski definition) is 11. The minimum Gasteiger partial charge on any atom is -0.486 e. The van der Waals surface area contributed by atoms with Crippen LogP contribution in [0.15, 0.2) is 35.1 Å². The molecule has 0 unspecified atom stereocenters. The van der Waals surface area contributed by atoms with Gasteiger partial charge in [0.15, 0.2) is 29.0 Å². The van der Waals surface area contributed by atoms with E-state index in [2.05, 4.69) is 36.6 Å². The zero-order valence-corrected chi connectivity index (χ0v) is 25.8. The number of nitrogens with two attached hydrogens (primary N) is 1. The maximum absolute atomic E-state index is 13.2. The van der Waals surface area contributed by atoms with E-state index in [1.807, 2.05) is 18.3 Å². The van der Waals surface area contributed by atoms with Crippen LogP contribution in [0.3, 0.4) is 0 Å². The molecule has 0 bridgehead atoms. The molecule has 2 aliphatic rings. The van der Waals surface area contributed by atoms with E-state index in [4.69, 9.17) is 19.9 Å². The molecule has 1 aliphatic heterocycles. The second kappa shape index (κ2) is 12.2. The van der Waals surface area contributed by atoms with Crippen molar-refractivity contribution in [3.8, 4) is 5.75 Å². The topological polar surface area (TPSA) is 180 Å². The molecule has 43 heavy (non-hydrogen) atoms. The summed E-state index contributed by atoms with van der Waals surface area (Å²) in [4.78, 5) is 35.3. The summed E-state index contributed by atoms with van der Waals surface area (Å²) in [5.41, 5.74) is 6.99. The van der Waals surface area contributed by atoms with Gasteiger partial charge in [-0.1, -0.05) is 24.4 Å². The fourth-order valence-electron chi connectivity index (χ4n) is 5.69. The summed E-state index contributed by atoms with van der Waals surface area (Å²) in [7, 11) is -2.82. The molecule has 1 amide bonds. The molecule has 3 N–H and O–H groups in total. The summed E-state index contributed by atoms with van der Waals surface area (Å²) in [6.07, 6.45) is 10.0. The highest BCUT2D eigenvalue weighted by molar-refractivity contribution is 7.80. The van der Waals surface area contributed by atoms with Gasteiger partial charge in [0.25, 0.3) is 11.6 Å². The SMILES string of the molecule is Cn1c(C2CCCCC2)c[n+]2cc(OCCO/N=C(\C(=O)C[C@@H]3C(=O)N(OS(=O)(=O)O)C3(C)C)c3csc(N)n3)ccc12. The first-order chi connectivity index (χ1) is 20.3. The summed E-state index contributed by atoms with van der Waals surface area (Å²) in [6, 6.07) is 3.90. The van der Waals surface area contributed by atoms with Crippen molar-refractivity contribution in [1.82, 2.24) is 14.6 Å². The number of aryl methyl sites for hydroxylation is 1. The normalized spacial score (nSPS) is 19.4. The van der Waals surface area contributed by atoms with Crippen LogP contribution < -0.4 is 14.9 Å². The standard InChI is InChI=1S/C27H34N6O8S2/c1-27(2)19(25(35)33(27)41-43(36,37)38)13-22(34)24(20-16-42-26(28)29-20)30-40-12-11-39-18-9-10-23-31(3)21(15-32(23)14-18)17-7-5-4-6-8-17/h9-10,14-17,19H,4-8,11-13H2,1-3H3,(H2-,28,29,36,37,38)/p+1/b30-24-/t19-/m1/s1. The van der Waals surface area contributed by atoms with Gasteiger partial charge in [0.05, 0.1) is 18.5 Å². The quantitative estimate of drug-likeness (QED) is 0.0750. The van der Waals surface area contributed by atoms with Gasteiger partial charge in [0.1, 0.15) is 30.4 Å². The lowest BCUT2D eigenvalue weighted by Crippen LogP contribution is -2.68. The molecule has 0 radical (unpaired) electrons. The van der Waals surface area contributed by atoms with Crippen molar-refractivity contribution in [3.05, 3.63) is 41.3 Å². The smallest absolute Gasteiger partial charge is 0.418 e. The minimum atomic E-state index is -4.91. The van der Waals surface area contributed by atoms with Gasteiger partial charge in [-0.3, -0.25) is 14.1 Å². The summed E-state index contributed by atoms with van der Waals surface area (Å²) in [6.45, 7) is 3.18. The van der Waals surface area contributed by atoms with Gasteiger partial charge in [-0.05, 0) is 32.8 Å². The van der Waals surface area contributed by atoms with E-state index in [-0.39, 0.29) is 36.2 Å². The second-order valence-corrected chi connectivity index (χ2v) is 13.1. The first-order valence-corrected chi connectivity index (χ1v) is 16.2. The predicted octanol–water partition coefficient (Wildman–Crippen LogP) is 2.58. The van der Waals surface area contributed by atoms with Crippen LogP contribution >= 0.6 is 11.3 Å². The van der Waals surface area contributed by atoms with E-state index in [1.165, 1.54) is 51.6 Å². The lowest BCUT2D eigenvalue weighted by atomic mass is 9.74. The average Bonchev–Trinajstić information content (AvgIpc) is 3.54. The second-order valence-electron chi connectivity index (χ2n) is 11.2. The van der Waals surface area contributed by atoms with Crippen molar-refractivity contribution in [2.75, 3.05) is 18.9 Å². The molecular formula is C27H35N6O8S2+. The Morgan fingerprint density at radius 3 is 2.63 bits per heavy atom. The Morgan fingerprint density at radius 2 is 1.98 bits per heavy atom. The van der Waals surface area contributed by atoms with Crippen molar-refractivity contribution in [1.29, 1.82) is 0 Å². The zero-order valence-electron chi connectivity index (χ0n) is 24.1. The number of anilines is 1. The number of fused-ring (bicyclic) bond motifs is 1. The van der Waals surface area contributed by atoms with E-state index < -0.39 is 33.5 Å². The van der Waals surface area contributed by atoms with Crippen molar-refractivity contribution < 1.29 is 40.8 Å². The monoisotopic (exact) mass is 635 g/mol. The highest BCUT2D eigenvalue weighted by Crippen LogP contribution is 2.40. The van der Waals surface area contributed by atoms with Crippen LogP contribution in [-0.4, -0.2) is 63.7 Å². The Morgan fingerprint density at radius 1 is 1.23 bits per heavy atom. The number of amides is 1. The third-order valence-electron chi connectivity index (χ3n) is 8.01. The van der Waals surface area contributed by atoms with Gasteiger partial charge in [-0.2, -0.15) is 17.9 Å². The van der Waals surface area contributed by atoms with Crippen LogP contribution in [0.25, 0.3) is 5.65 Å². The number of oxime groups is 1. The Labute approximate surface area is 252 Å². The summed E-state index contributed by atoms with van der Waals surface area (Å²) in [5, 5.41) is 6.27. The van der Waals surface area contributed by atoms with Crippen molar-refractivity contribution in [2.45, 2.75) is 63.8 Å². The lowest BCUT2D eigenvalue weighted by molar-refractivity contribution is -0.511. The van der Waals surface area contributed by atoms with Crippen molar-refractivity contribution in [2.24, 2.45) is 18.1 Å². The number of pyridine rings is 1. The predicted molar refractivity (Wildman–Crippen MR) is 156 cm³/mol. The zero-order chi connectivity index (χ0) is 30.9. The molecule has 1 aliphatic carbocycles. The molecule has 232 valence electrons. The number of hydroxylamine groups is 2. The molecule has 1 saturated carbocycles. The van der Waals surface area contributed by atoms with Gasteiger partial charge in [-0.15, -0.1) is 15.6 Å². The summed E-state index contributed by atoms with van der Waals surface area (Å²) >= 11 is 1.11. The van der Waals surface area contributed by atoms with Crippen LogP contribution in [0.1, 0.15) is 69.7 Å². The molecule has 1 atom stereocenters. The molecule has 4 heterocycles. The van der Waals surface area contributed by atoms with Gasteiger partial charge >= 0.3 is 10.4 Å². The average molecular weight is 636 g/mol. The molecule has 3 aromatic heterocycles. The Balaban J connectivity index is 1.21. The van der Waals surface area contributed by atoms with Crippen molar-refractivity contribution >= 4 is 49.9 Å². The Bertz CT molecular complexity index is 1660. The first-order valence-electron chi connectivity index (χ1n) is 13.9. The van der Waals surface area contributed by atoms with E-state index in [1.54, 1.807) is 5.38 Å². The van der Waals surface area contributed by atoms with Crippen LogP contribution in [0.5, 0.6) is 5.75 Å². The lowest BCUT2D eigenvalue weighted by Gasteiger charge is -2.50. The molecule has 0 aromatic carbocycles. The van der Waals surface area contributed by atoms with E-state index in [9.17, 15) is 18.0 Å². The molecule has 3 aromatic rings. The van der Waals surface area contributed by atoms with E-state index in [0.717, 1.165) is 17.0 Å². The van der Waals surface area contributed by atoms with E-state index >= 15 is 0 Å². The number of Topliss-reactive ketones (excluding diaryl/α,β-unsaturated/α-hetero) is 1. The molecule has 0 spiro atoms. The molecule has 16 heteroatoms. The fraction of sp³-hybridized carbons (Fsp3) is 0.519. The molecular weight excluding hydrogens is 600 g/mol. The number of ketones is 1. The van der Waals surface area contributed by atoms with Crippen LogP contribution in [0.4, 0.5) is 5.13 Å². The number of carbonyl (C=O) groups excluding carboxylic acids is 2. The van der Waals surface area contributed by atoms with Gasteiger partial charge in [0, 0.05) is 23.8 Å². The number of carbonyl (C=O) groups is 2. The summed E-state index contributed by atoms with van der Waals surface area (Å²) in [5.74, 6) is -1.06. The van der Waals surface area contributed by atoms with Crippen LogP contribution in [0.2, 0.25) is 0 Å². The number of hydrogen-bond donors (Lipinski definition) is 2. The van der Waals surface area contributed by atoms with Gasteiger partial charge in [-0.25, -0.2) is 9.55 Å². The third-order valence-corrected chi connectivity index (χ3v) is 9.03. The third kappa shape index (κ3) is 6.66. The minimum absolute atomic E-state index is 0.0189. The number of aromatic nitrogens is 3.